The van der Waals surface area contributed by atoms with Crippen molar-refractivity contribution in [1.29, 1.82) is 0 Å². The molecular formula is C26H22N4O3. The second kappa shape index (κ2) is 8.18. The van der Waals surface area contributed by atoms with Crippen LogP contribution < -0.4 is 0 Å². The van der Waals surface area contributed by atoms with E-state index in [1.165, 1.54) is 0 Å². The van der Waals surface area contributed by atoms with Crippen LogP contribution >= 0.6 is 0 Å². The number of furan rings is 1. The summed E-state index contributed by atoms with van der Waals surface area (Å²) in [5.74, 6) is 0.674. The number of rotatable bonds is 4. The smallest absolute Gasteiger partial charge is 0.254 e. The maximum Gasteiger partial charge on any atom is 0.254 e. The third kappa shape index (κ3) is 3.66. The molecule has 2 aromatic carbocycles. The Hall–Kier alpha value is -3.97. The normalized spacial score (nSPS) is 14.8. The second-order valence-corrected chi connectivity index (χ2v) is 8.24. The second-order valence-electron chi connectivity index (χ2n) is 8.24. The quantitative estimate of drug-likeness (QED) is 0.408. The van der Waals surface area contributed by atoms with Gasteiger partial charge in [0.2, 0.25) is 0 Å². The van der Waals surface area contributed by atoms with Gasteiger partial charge in [0.15, 0.2) is 11.3 Å². The van der Waals surface area contributed by atoms with E-state index >= 15 is 0 Å². The molecule has 6 rings (SSSR count). The monoisotopic (exact) mass is 438 g/mol. The minimum absolute atomic E-state index is 0.0212. The zero-order valence-electron chi connectivity index (χ0n) is 18.0. The maximum absolute atomic E-state index is 13.6. The van der Waals surface area contributed by atoms with Gasteiger partial charge in [0.25, 0.3) is 5.91 Å². The number of carbonyl (C=O) groups is 1. The molecule has 0 spiro atoms. The summed E-state index contributed by atoms with van der Waals surface area (Å²) in [6.45, 7) is 3.57. The number of hydrogen-bond acceptors (Lipinski definition) is 6. The molecule has 1 fully saturated rings. The fraction of sp³-hybridized carbons (Fsp3) is 0.192. The van der Waals surface area contributed by atoms with Gasteiger partial charge in [0.05, 0.1) is 17.3 Å². The van der Waals surface area contributed by atoms with Gasteiger partial charge in [-0.1, -0.05) is 35.5 Å². The molecule has 1 saturated heterocycles. The van der Waals surface area contributed by atoms with Crippen LogP contribution in [0.1, 0.15) is 16.1 Å². The van der Waals surface area contributed by atoms with Crippen molar-refractivity contribution >= 4 is 27.8 Å². The number of aromatic nitrogens is 2. The Morgan fingerprint density at radius 1 is 0.909 bits per heavy atom. The zero-order chi connectivity index (χ0) is 22.2. The average Bonchev–Trinajstić information content (AvgIpc) is 3.54. The molecule has 33 heavy (non-hydrogen) atoms. The van der Waals surface area contributed by atoms with Gasteiger partial charge in [-0.15, -0.1) is 0 Å². The number of piperazine rings is 1. The van der Waals surface area contributed by atoms with Crippen molar-refractivity contribution in [2.75, 3.05) is 26.2 Å². The summed E-state index contributed by atoms with van der Waals surface area (Å²) in [5, 5.41) is 6.15. The summed E-state index contributed by atoms with van der Waals surface area (Å²) in [6, 6.07) is 21.2. The predicted octanol–water partition coefficient (Wildman–Crippen LogP) is 4.59. The molecule has 1 aliphatic rings. The number of para-hydroxylation sites is 2. The van der Waals surface area contributed by atoms with Crippen LogP contribution in [0, 0.1) is 0 Å². The van der Waals surface area contributed by atoms with E-state index in [0.717, 1.165) is 40.7 Å². The lowest BCUT2D eigenvalue weighted by Gasteiger charge is -2.34. The number of pyridine rings is 1. The zero-order valence-corrected chi connectivity index (χ0v) is 18.0. The van der Waals surface area contributed by atoms with Crippen molar-refractivity contribution in [3.05, 3.63) is 84.3 Å². The van der Waals surface area contributed by atoms with E-state index in [4.69, 9.17) is 13.9 Å². The Kier molecular flexibility index (Phi) is 4.88. The lowest BCUT2D eigenvalue weighted by molar-refractivity contribution is 0.0628. The van der Waals surface area contributed by atoms with Gasteiger partial charge in [0.1, 0.15) is 11.4 Å². The van der Waals surface area contributed by atoms with Crippen LogP contribution in [0.4, 0.5) is 0 Å². The largest absolute Gasteiger partial charge is 0.463 e. The van der Waals surface area contributed by atoms with Crippen LogP contribution in [0.2, 0.25) is 0 Å². The van der Waals surface area contributed by atoms with Gasteiger partial charge >= 0.3 is 0 Å². The molecule has 0 radical (unpaired) electrons. The molecule has 1 aliphatic heterocycles. The van der Waals surface area contributed by atoms with Crippen LogP contribution in [0.5, 0.6) is 0 Å². The number of hydrogen-bond donors (Lipinski definition) is 0. The highest BCUT2D eigenvalue weighted by Crippen LogP contribution is 2.27. The van der Waals surface area contributed by atoms with E-state index in [1.807, 2.05) is 71.6 Å². The lowest BCUT2D eigenvalue weighted by atomic mass is 10.0. The van der Waals surface area contributed by atoms with Gasteiger partial charge in [0, 0.05) is 43.5 Å². The first-order valence-electron chi connectivity index (χ1n) is 11.0. The molecule has 0 N–H and O–H groups in total. The van der Waals surface area contributed by atoms with Gasteiger partial charge in [-0.05, 0) is 36.4 Å². The Morgan fingerprint density at radius 3 is 2.52 bits per heavy atom. The number of carbonyl (C=O) groups excluding carboxylic acids is 1. The van der Waals surface area contributed by atoms with Crippen molar-refractivity contribution in [3.8, 4) is 11.5 Å². The number of fused-ring (bicyclic) bond motifs is 2. The van der Waals surface area contributed by atoms with Crippen LogP contribution in [-0.4, -0.2) is 52.0 Å². The van der Waals surface area contributed by atoms with Crippen LogP contribution in [0.15, 0.2) is 81.9 Å². The summed E-state index contributed by atoms with van der Waals surface area (Å²) in [6.07, 6.45) is 1.62. The predicted molar refractivity (Wildman–Crippen MR) is 125 cm³/mol. The third-order valence-electron chi connectivity index (χ3n) is 6.21. The first kappa shape index (κ1) is 19.7. The molecule has 3 aromatic heterocycles. The fourth-order valence-corrected chi connectivity index (χ4v) is 4.45. The van der Waals surface area contributed by atoms with Gasteiger partial charge < -0.3 is 13.8 Å². The summed E-state index contributed by atoms with van der Waals surface area (Å²) in [4.78, 5) is 22.5. The highest BCUT2D eigenvalue weighted by atomic mass is 16.5. The maximum atomic E-state index is 13.6. The molecule has 164 valence electrons. The topological polar surface area (TPSA) is 75.6 Å². The van der Waals surface area contributed by atoms with Crippen molar-refractivity contribution < 1.29 is 13.7 Å². The molecule has 0 aliphatic carbocycles. The summed E-state index contributed by atoms with van der Waals surface area (Å²) >= 11 is 0. The average molecular weight is 438 g/mol. The van der Waals surface area contributed by atoms with E-state index < -0.39 is 0 Å². The molecule has 0 saturated carbocycles. The van der Waals surface area contributed by atoms with Crippen LogP contribution in [0.3, 0.4) is 0 Å². The first-order valence-corrected chi connectivity index (χ1v) is 11.0. The third-order valence-corrected chi connectivity index (χ3v) is 6.21. The van der Waals surface area contributed by atoms with E-state index in [9.17, 15) is 4.79 Å². The number of amides is 1. The lowest BCUT2D eigenvalue weighted by Crippen LogP contribution is -2.48. The molecule has 0 bridgehead atoms. The van der Waals surface area contributed by atoms with E-state index in [1.54, 1.807) is 6.26 Å². The Morgan fingerprint density at radius 2 is 1.70 bits per heavy atom. The Bertz CT molecular complexity index is 1430. The molecule has 0 unspecified atom stereocenters. The Labute approximate surface area is 190 Å². The SMILES string of the molecule is O=C(c1cc(-c2ccco2)nc2ccccc12)N1CCN(Cc2noc3ccccc23)CC1. The summed E-state index contributed by atoms with van der Waals surface area (Å²) in [5.41, 5.74) is 3.85. The van der Waals surface area contributed by atoms with Gasteiger partial charge in [-0.3, -0.25) is 9.69 Å². The Balaban J connectivity index is 1.22. The minimum Gasteiger partial charge on any atom is -0.463 e. The number of nitrogens with zero attached hydrogens (tertiary/aromatic N) is 4. The first-order chi connectivity index (χ1) is 16.3. The molecule has 0 atom stereocenters. The van der Waals surface area contributed by atoms with E-state index in [0.29, 0.717) is 36.7 Å². The molecule has 7 nitrogen and oxygen atoms in total. The standard InChI is InChI=1S/C26H22N4O3/c31-26(20-16-22(25-10-5-15-32-25)27-21-8-3-1-6-18(20)21)30-13-11-29(12-14-30)17-23-19-7-2-4-9-24(19)33-28-23/h1-10,15-16H,11-14,17H2. The van der Waals surface area contributed by atoms with Crippen molar-refractivity contribution in [1.82, 2.24) is 19.9 Å². The minimum atomic E-state index is 0.0212. The van der Waals surface area contributed by atoms with E-state index in [2.05, 4.69) is 10.1 Å². The highest BCUT2D eigenvalue weighted by Gasteiger charge is 2.25. The van der Waals surface area contributed by atoms with Crippen LogP contribution in [-0.2, 0) is 6.54 Å². The van der Waals surface area contributed by atoms with E-state index in [-0.39, 0.29) is 5.91 Å². The van der Waals surface area contributed by atoms with Gasteiger partial charge in [-0.25, -0.2) is 4.98 Å². The molecule has 5 aromatic rings. The summed E-state index contributed by atoms with van der Waals surface area (Å²) < 4.78 is 11.0. The molecular weight excluding hydrogens is 416 g/mol. The highest BCUT2D eigenvalue weighted by molar-refractivity contribution is 6.07. The molecule has 7 heteroatoms. The summed E-state index contributed by atoms with van der Waals surface area (Å²) in [7, 11) is 0. The van der Waals surface area contributed by atoms with Gasteiger partial charge in [-0.2, -0.15) is 0 Å². The van der Waals surface area contributed by atoms with Crippen molar-refractivity contribution in [2.24, 2.45) is 0 Å². The fourth-order valence-electron chi connectivity index (χ4n) is 4.45. The van der Waals surface area contributed by atoms with Crippen molar-refractivity contribution in [3.63, 3.8) is 0 Å². The molecule has 1 amide bonds. The van der Waals surface area contributed by atoms with Crippen molar-refractivity contribution in [2.45, 2.75) is 6.54 Å². The molecule has 4 heterocycles. The number of benzene rings is 2. The van der Waals surface area contributed by atoms with Crippen LogP contribution in [0.25, 0.3) is 33.3 Å².